The largest absolute Gasteiger partial charge is 0.493 e. The van der Waals surface area contributed by atoms with Crippen LogP contribution in [0.5, 0.6) is 11.5 Å². The van der Waals surface area contributed by atoms with Gasteiger partial charge in [-0.2, -0.15) is 20.1 Å². The third-order valence-corrected chi connectivity index (χ3v) is 6.14. The number of methoxy groups -OCH3 is 1. The normalized spacial score (nSPS) is 15.6. The molecule has 1 N–H and O–H groups in total. The highest BCUT2D eigenvalue weighted by Gasteiger charge is 2.21. The highest BCUT2D eigenvalue weighted by atomic mass is 19.1. The van der Waals surface area contributed by atoms with Gasteiger partial charge in [-0.05, 0) is 60.9 Å². The summed E-state index contributed by atoms with van der Waals surface area (Å²) in [5, 5.41) is 4.30. The lowest BCUT2D eigenvalue weighted by molar-refractivity contribution is 0.0729. The molecule has 0 saturated carbocycles. The summed E-state index contributed by atoms with van der Waals surface area (Å²) in [4.78, 5) is 30.5. The number of anilines is 3. The fraction of sp³-hybridized carbons (Fsp3) is 0.346. The Morgan fingerprint density at radius 3 is 2.34 bits per heavy atom. The zero-order chi connectivity index (χ0) is 26.3. The lowest BCUT2D eigenvalue weighted by atomic mass is 10.2. The topological polar surface area (TPSA) is 114 Å². The summed E-state index contributed by atoms with van der Waals surface area (Å²) in [5.74, 6) is 1.09. The van der Waals surface area contributed by atoms with Crippen LogP contribution in [0.3, 0.4) is 0 Å². The van der Waals surface area contributed by atoms with Crippen LogP contribution in [-0.2, 0) is 4.74 Å². The average Bonchev–Trinajstić information content (AvgIpc) is 3.50. The van der Waals surface area contributed by atoms with Crippen LogP contribution in [0.15, 0.2) is 47.6 Å². The van der Waals surface area contributed by atoms with Gasteiger partial charge in [0.1, 0.15) is 5.82 Å². The van der Waals surface area contributed by atoms with Gasteiger partial charge in [0.15, 0.2) is 11.5 Å². The maximum Gasteiger partial charge on any atom is 0.343 e. The van der Waals surface area contributed by atoms with Crippen molar-refractivity contribution >= 4 is 30.0 Å². The van der Waals surface area contributed by atoms with Crippen LogP contribution in [0.4, 0.5) is 22.2 Å². The fourth-order valence-electron chi connectivity index (χ4n) is 4.13. The van der Waals surface area contributed by atoms with Crippen LogP contribution in [0.1, 0.15) is 28.8 Å². The molecule has 12 heteroatoms. The Morgan fingerprint density at radius 2 is 1.66 bits per heavy atom. The zero-order valence-electron chi connectivity index (χ0n) is 21.0. The molecule has 2 aliphatic rings. The van der Waals surface area contributed by atoms with Gasteiger partial charge in [-0.25, -0.2) is 14.6 Å². The monoisotopic (exact) mass is 521 g/mol. The first-order valence-corrected chi connectivity index (χ1v) is 12.4. The number of hydrazone groups is 1. The summed E-state index contributed by atoms with van der Waals surface area (Å²) < 4.78 is 29.4. The van der Waals surface area contributed by atoms with E-state index in [1.165, 1.54) is 31.4 Å². The first-order valence-electron chi connectivity index (χ1n) is 12.4. The van der Waals surface area contributed by atoms with E-state index < -0.39 is 11.8 Å². The minimum absolute atomic E-state index is 0.227. The van der Waals surface area contributed by atoms with E-state index in [0.717, 1.165) is 25.9 Å². The number of carbonyl (C=O) groups excluding carboxylic acids is 1. The van der Waals surface area contributed by atoms with Crippen molar-refractivity contribution in [3.63, 3.8) is 0 Å². The van der Waals surface area contributed by atoms with Crippen molar-refractivity contribution < 1.29 is 23.4 Å². The van der Waals surface area contributed by atoms with Gasteiger partial charge in [-0.3, -0.25) is 0 Å². The number of rotatable bonds is 8. The summed E-state index contributed by atoms with van der Waals surface area (Å²) in [7, 11) is 1.47. The Kier molecular flexibility index (Phi) is 7.88. The molecule has 2 saturated heterocycles. The predicted molar refractivity (Wildman–Crippen MR) is 140 cm³/mol. The molecule has 0 atom stereocenters. The third kappa shape index (κ3) is 6.14. The van der Waals surface area contributed by atoms with Crippen LogP contribution in [0.25, 0.3) is 0 Å². The van der Waals surface area contributed by atoms with Gasteiger partial charge in [0.05, 0.1) is 32.1 Å². The number of ether oxygens (including phenoxy) is 3. The molecular formula is C26H28FN7O4. The van der Waals surface area contributed by atoms with Crippen LogP contribution in [-0.4, -0.2) is 73.6 Å². The Balaban J connectivity index is 1.29. The first kappa shape index (κ1) is 25.3. The molecule has 198 valence electrons. The minimum atomic E-state index is -0.619. The number of esters is 1. The Bertz CT molecular complexity index is 1290. The van der Waals surface area contributed by atoms with Gasteiger partial charge in [-0.15, -0.1) is 0 Å². The second kappa shape index (κ2) is 11.8. The molecule has 11 nitrogen and oxygen atoms in total. The second-order valence-electron chi connectivity index (χ2n) is 8.73. The molecule has 0 amide bonds. The molecule has 3 aromatic rings. The van der Waals surface area contributed by atoms with Crippen molar-refractivity contribution in [2.24, 2.45) is 5.10 Å². The summed E-state index contributed by atoms with van der Waals surface area (Å²) in [5.41, 5.74) is 3.83. The van der Waals surface area contributed by atoms with E-state index in [-0.39, 0.29) is 11.3 Å². The number of nitrogens with one attached hydrogen (secondary N) is 1. The van der Waals surface area contributed by atoms with Crippen molar-refractivity contribution in [3.05, 3.63) is 59.4 Å². The van der Waals surface area contributed by atoms with Crippen LogP contribution in [0, 0.1) is 5.82 Å². The van der Waals surface area contributed by atoms with Crippen molar-refractivity contribution in [2.75, 3.05) is 61.7 Å². The van der Waals surface area contributed by atoms with E-state index in [1.807, 2.05) is 0 Å². The second-order valence-corrected chi connectivity index (χ2v) is 8.73. The molecule has 0 radical (unpaired) electrons. The number of aromatic nitrogens is 3. The number of nitrogens with zero attached hydrogens (tertiary/aromatic N) is 6. The highest BCUT2D eigenvalue weighted by molar-refractivity contribution is 5.91. The molecular weight excluding hydrogens is 493 g/mol. The molecule has 2 fully saturated rings. The van der Waals surface area contributed by atoms with Crippen molar-refractivity contribution in [1.29, 1.82) is 0 Å². The van der Waals surface area contributed by atoms with E-state index in [4.69, 9.17) is 19.2 Å². The lowest BCUT2D eigenvalue weighted by Crippen LogP contribution is -2.38. The third-order valence-electron chi connectivity index (χ3n) is 6.14. The lowest BCUT2D eigenvalue weighted by Gasteiger charge is -2.27. The quantitative estimate of drug-likeness (QED) is 0.205. The van der Waals surface area contributed by atoms with Gasteiger partial charge in [0, 0.05) is 26.2 Å². The highest BCUT2D eigenvalue weighted by Crippen LogP contribution is 2.28. The maximum atomic E-state index is 13.1. The van der Waals surface area contributed by atoms with E-state index in [1.54, 1.807) is 24.4 Å². The number of hydrogen-bond acceptors (Lipinski definition) is 11. The number of carbonyl (C=O) groups is 1. The molecule has 2 aromatic carbocycles. The van der Waals surface area contributed by atoms with Gasteiger partial charge < -0.3 is 24.0 Å². The van der Waals surface area contributed by atoms with Crippen molar-refractivity contribution in [3.8, 4) is 11.5 Å². The molecule has 2 aliphatic heterocycles. The van der Waals surface area contributed by atoms with E-state index >= 15 is 0 Å². The average molecular weight is 522 g/mol. The fourth-order valence-corrected chi connectivity index (χ4v) is 4.13. The summed E-state index contributed by atoms with van der Waals surface area (Å²) in [6.07, 6.45) is 3.80. The van der Waals surface area contributed by atoms with E-state index in [2.05, 4.69) is 30.3 Å². The Morgan fingerprint density at radius 1 is 0.974 bits per heavy atom. The summed E-state index contributed by atoms with van der Waals surface area (Å²) in [6, 6.07) is 10.1. The molecule has 0 bridgehead atoms. The SMILES string of the molecule is COc1cc(/C=N/Nc2nc(N3CCCC3)nc(N3CCOCC3)n2)ccc1OC(=O)c1ccc(F)cc1. The number of halogens is 1. The zero-order valence-corrected chi connectivity index (χ0v) is 21.0. The molecule has 5 rings (SSSR count). The van der Waals surface area contributed by atoms with E-state index in [9.17, 15) is 9.18 Å². The molecule has 38 heavy (non-hydrogen) atoms. The van der Waals surface area contributed by atoms with Gasteiger partial charge in [0.2, 0.25) is 17.8 Å². The Labute approximate surface area is 219 Å². The van der Waals surface area contributed by atoms with Crippen molar-refractivity contribution in [1.82, 2.24) is 15.0 Å². The van der Waals surface area contributed by atoms with Gasteiger partial charge in [-0.1, -0.05) is 0 Å². The van der Waals surface area contributed by atoms with Crippen LogP contribution < -0.4 is 24.7 Å². The predicted octanol–water partition coefficient (Wildman–Crippen LogP) is 3.12. The molecule has 1 aromatic heterocycles. The van der Waals surface area contributed by atoms with Crippen LogP contribution >= 0.6 is 0 Å². The number of hydrogen-bond donors (Lipinski definition) is 1. The first-order chi connectivity index (χ1) is 18.6. The smallest absolute Gasteiger partial charge is 0.343 e. The van der Waals surface area contributed by atoms with Gasteiger partial charge in [0.25, 0.3) is 0 Å². The summed E-state index contributed by atoms with van der Waals surface area (Å²) in [6.45, 7) is 4.50. The minimum Gasteiger partial charge on any atom is -0.493 e. The Hall–Kier alpha value is -4.32. The van der Waals surface area contributed by atoms with Crippen molar-refractivity contribution in [2.45, 2.75) is 12.8 Å². The standard InChI is InChI=1S/C26H28FN7O4/c1-36-22-16-18(4-9-21(22)38-23(35)19-5-7-20(27)8-6-19)17-28-32-24-29-25(33-10-2-3-11-33)31-26(30-24)34-12-14-37-15-13-34/h4-9,16-17H,2-3,10-15H2,1H3,(H,29,30,31,32)/b28-17+. The molecule has 0 unspecified atom stereocenters. The molecule has 3 heterocycles. The van der Waals surface area contributed by atoms with E-state index in [0.29, 0.717) is 55.5 Å². The van der Waals surface area contributed by atoms with Gasteiger partial charge >= 0.3 is 5.97 Å². The maximum absolute atomic E-state index is 13.1. The number of morpholine rings is 1. The number of benzene rings is 2. The summed E-state index contributed by atoms with van der Waals surface area (Å²) >= 11 is 0. The van der Waals surface area contributed by atoms with Crippen LogP contribution in [0.2, 0.25) is 0 Å². The molecule has 0 spiro atoms. The molecule has 0 aliphatic carbocycles.